The molecule has 124 valence electrons. The van der Waals surface area contributed by atoms with Crippen LogP contribution >= 0.6 is 0 Å². The van der Waals surface area contributed by atoms with E-state index in [9.17, 15) is 9.59 Å². The lowest BCUT2D eigenvalue weighted by Crippen LogP contribution is -2.36. The Hall–Kier alpha value is -2.82. The van der Waals surface area contributed by atoms with Crippen molar-refractivity contribution in [2.24, 2.45) is 0 Å². The van der Waals surface area contributed by atoms with Crippen LogP contribution in [0.5, 0.6) is 5.75 Å². The topological polar surface area (TPSA) is 58.6 Å². The number of carbonyl (C=O) groups is 2. The number of hydrogen-bond donors (Lipinski definition) is 1. The summed E-state index contributed by atoms with van der Waals surface area (Å²) in [5.74, 6) is 0.465. The quantitative estimate of drug-likeness (QED) is 0.829. The molecule has 24 heavy (non-hydrogen) atoms. The van der Waals surface area contributed by atoms with Crippen LogP contribution in [-0.4, -0.2) is 36.4 Å². The van der Waals surface area contributed by atoms with Crippen molar-refractivity contribution >= 4 is 17.5 Å². The number of rotatable bonds is 6. The number of amides is 2. The Kier molecular flexibility index (Phi) is 4.79. The van der Waals surface area contributed by atoms with Gasteiger partial charge in [0.15, 0.2) is 0 Å². The Labute approximate surface area is 141 Å². The summed E-state index contributed by atoms with van der Waals surface area (Å²) in [5, 5.41) is 3.13. The van der Waals surface area contributed by atoms with Crippen LogP contribution in [0, 0.1) is 0 Å². The third kappa shape index (κ3) is 3.56. The van der Waals surface area contributed by atoms with Gasteiger partial charge in [-0.2, -0.15) is 0 Å². The van der Waals surface area contributed by atoms with Gasteiger partial charge in [-0.15, -0.1) is 0 Å². The summed E-state index contributed by atoms with van der Waals surface area (Å²) >= 11 is 0. The van der Waals surface area contributed by atoms with Crippen LogP contribution in [0.4, 0.5) is 5.69 Å². The molecule has 3 rings (SSSR count). The van der Waals surface area contributed by atoms with Crippen molar-refractivity contribution < 1.29 is 14.3 Å². The van der Waals surface area contributed by atoms with E-state index in [-0.39, 0.29) is 18.2 Å². The number of hydrogen-bond acceptors (Lipinski definition) is 4. The number of carbonyl (C=O) groups excluding carboxylic acids is 2. The normalized spacial score (nSPS) is 17.2. The summed E-state index contributed by atoms with van der Waals surface area (Å²) in [6.45, 7) is 0.419. The Bertz CT molecular complexity index is 713. The van der Waals surface area contributed by atoms with Gasteiger partial charge in [0.05, 0.1) is 13.5 Å². The van der Waals surface area contributed by atoms with E-state index in [0.29, 0.717) is 13.0 Å². The Morgan fingerprint density at radius 3 is 2.46 bits per heavy atom. The number of imide groups is 1. The summed E-state index contributed by atoms with van der Waals surface area (Å²) in [4.78, 5) is 26.0. The van der Waals surface area contributed by atoms with Crippen molar-refractivity contribution in [2.75, 3.05) is 19.0 Å². The SMILES string of the molecule is COc1ccc(N[C@H]2CC(=O)N(CCc3ccccc3)C2=O)cc1. The fourth-order valence-electron chi connectivity index (χ4n) is 2.80. The first-order valence-electron chi connectivity index (χ1n) is 7.96. The van der Waals surface area contributed by atoms with Gasteiger partial charge in [-0.3, -0.25) is 14.5 Å². The highest BCUT2D eigenvalue weighted by Crippen LogP contribution is 2.21. The molecule has 1 fully saturated rings. The molecule has 1 aliphatic heterocycles. The monoisotopic (exact) mass is 324 g/mol. The first kappa shape index (κ1) is 16.1. The highest BCUT2D eigenvalue weighted by molar-refractivity contribution is 6.06. The highest BCUT2D eigenvalue weighted by Gasteiger charge is 2.38. The predicted molar refractivity (Wildman–Crippen MR) is 91.9 cm³/mol. The van der Waals surface area contributed by atoms with Crippen molar-refractivity contribution in [2.45, 2.75) is 18.9 Å². The van der Waals surface area contributed by atoms with E-state index in [0.717, 1.165) is 17.0 Å². The minimum Gasteiger partial charge on any atom is -0.497 e. The van der Waals surface area contributed by atoms with Crippen LogP contribution in [-0.2, 0) is 16.0 Å². The maximum absolute atomic E-state index is 12.5. The molecular formula is C19H20N2O3. The summed E-state index contributed by atoms with van der Waals surface area (Å²) in [6.07, 6.45) is 0.868. The van der Waals surface area contributed by atoms with Crippen molar-refractivity contribution in [1.82, 2.24) is 4.90 Å². The fourth-order valence-corrected chi connectivity index (χ4v) is 2.80. The molecule has 0 bridgehead atoms. The number of likely N-dealkylation sites (tertiary alicyclic amines) is 1. The van der Waals surface area contributed by atoms with Gasteiger partial charge < -0.3 is 10.1 Å². The molecule has 5 nitrogen and oxygen atoms in total. The largest absolute Gasteiger partial charge is 0.497 e. The maximum atomic E-state index is 12.5. The minimum absolute atomic E-state index is 0.123. The Morgan fingerprint density at radius 1 is 1.08 bits per heavy atom. The Balaban J connectivity index is 1.60. The molecule has 0 unspecified atom stereocenters. The van der Waals surface area contributed by atoms with Crippen LogP contribution in [0.2, 0.25) is 0 Å². The zero-order valence-corrected chi connectivity index (χ0v) is 13.6. The van der Waals surface area contributed by atoms with Crippen LogP contribution < -0.4 is 10.1 Å². The molecule has 0 saturated carbocycles. The summed E-state index contributed by atoms with van der Waals surface area (Å²) in [7, 11) is 1.60. The van der Waals surface area contributed by atoms with E-state index in [1.54, 1.807) is 7.11 Å². The second kappa shape index (κ2) is 7.17. The van der Waals surface area contributed by atoms with Crippen LogP contribution in [0.25, 0.3) is 0 Å². The van der Waals surface area contributed by atoms with E-state index in [4.69, 9.17) is 4.74 Å². The molecule has 1 N–H and O–H groups in total. The molecule has 0 spiro atoms. The van der Waals surface area contributed by atoms with Gasteiger partial charge in [-0.1, -0.05) is 30.3 Å². The first-order chi connectivity index (χ1) is 11.7. The molecule has 2 aromatic carbocycles. The highest BCUT2D eigenvalue weighted by atomic mass is 16.5. The molecule has 1 saturated heterocycles. The van der Waals surface area contributed by atoms with Gasteiger partial charge >= 0.3 is 0 Å². The summed E-state index contributed by atoms with van der Waals surface area (Å²) in [6, 6.07) is 16.7. The Morgan fingerprint density at radius 2 is 1.79 bits per heavy atom. The summed E-state index contributed by atoms with van der Waals surface area (Å²) < 4.78 is 5.11. The van der Waals surface area contributed by atoms with Crippen LogP contribution in [0.3, 0.4) is 0 Å². The maximum Gasteiger partial charge on any atom is 0.252 e. The fraction of sp³-hybridized carbons (Fsp3) is 0.263. The second-order valence-electron chi connectivity index (χ2n) is 5.75. The van der Waals surface area contributed by atoms with Gasteiger partial charge in [-0.05, 0) is 36.2 Å². The zero-order valence-electron chi connectivity index (χ0n) is 13.6. The number of benzene rings is 2. The molecular weight excluding hydrogens is 304 g/mol. The molecule has 1 atom stereocenters. The molecule has 0 radical (unpaired) electrons. The zero-order chi connectivity index (χ0) is 16.9. The van der Waals surface area contributed by atoms with Gasteiger partial charge in [0.25, 0.3) is 5.91 Å². The molecule has 0 aliphatic carbocycles. The molecule has 0 aromatic heterocycles. The van der Waals surface area contributed by atoms with Gasteiger partial charge in [0.2, 0.25) is 5.91 Å². The van der Waals surface area contributed by atoms with Crippen molar-refractivity contribution in [1.29, 1.82) is 0 Å². The average molecular weight is 324 g/mol. The van der Waals surface area contributed by atoms with Crippen molar-refractivity contribution in [3.8, 4) is 5.75 Å². The van der Waals surface area contributed by atoms with E-state index in [1.807, 2.05) is 54.6 Å². The van der Waals surface area contributed by atoms with Crippen molar-refractivity contribution in [3.63, 3.8) is 0 Å². The van der Waals surface area contributed by atoms with Gasteiger partial charge in [0.1, 0.15) is 11.8 Å². The first-order valence-corrected chi connectivity index (χ1v) is 7.96. The van der Waals surface area contributed by atoms with Gasteiger partial charge in [0, 0.05) is 12.2 Å². The third-order valence-electron chi connectivity index (χ3n) is 4.14. The van der Waals surface area contributed by atoms with Crippen LogP contribution in [0.1, 0.15) is 12.0 Å². The lowest BCUT2D eigenvalue weighted by atomic mass is 10.1. The molecule has 5 heteroatoms. The number of anilines is 1. The predicted octanol–water partition coefficient (Wildman–Crippen LogP) is 2.48. The molecule has 2 aromatic rings. The second-order valence-corrected chi connectivity index (χ2v) is 5.75. The third-order valence-corrected chi connectivity index (χ3v) is 4.14. The van der Waals surface area contributed by atoms with E-state index < -0.39 is 6.04 Å². The van der Waals surface area contributed by atoms with Crippen molar-refractivity contribution in [3.05, 3.63) is 60.2 Å². The lowest BCUT2D eigenvalue weighted by Gasteiger charge is -2.16. The summed E-state index contributed by atoms with van der Waals surface area (Å²) in [5.41, 5.74) is 1.91. The number of nitrogens with one attached hydrogen (secondary N) is 1. The molecule has 2 amide bonds. The van der Waals surface area contributed by atoms with E-state index >= 15 is 0 Å². The molecule has 1 aliphatic rings. The minimum atomic E-state index is -0.498. The standard InChI is InChI=1S/C19H20N2O3/c1-24-16-9-7-15(8-10-16)20-17-13-18(22)21(19(17)23)12-11-14-5-3-2-4-6-14/h2-10,17,20H,11-13H2,1H3/t17-/m0/s1. The van der Waals surface area contributed by atoms with E-state index in [1.165, 1.54) is 4.90 Å². The number of ether oxygens (including phenoxy) is 1. The number of methoxy groups -OCH3 is 1. The smallest absolute Gasteiger partial charge is 0.252 e. The average Bonchev–Trinajstić information content (AvgIpc) is 2.88. The lowest BCUT2D eigenvalue weighted by molar-refractivity contribution is -0.138. The van der Waals surface area contributed by atoms with Gasteiger partial charge in [-0.25, -0.2) is 0 Å². The molecule has 1 heterocycles. The van der Waals surface area contributed by atoms with Crippen LogP contribution in [0.15, 0.2) is 54.6 Å². The number of nitrogens with zero attached hydrogens (tertiary/aromatic N) is 1. The van der Waals surface area contributed by atoms with E-state index in [2.05, 4.69) is 5.32 Å².